The molecule has 0 atom stereocenters. The number of hydrogen-bond acceptors (Lipinski definition) is 8. The third-order valence-electron chi connectivity index (χ3n) is 2.41. The van der Waals surface area contributed by atoms with E-state index in [9.17, 15) is 19.2 Å². The Morgan fingerprint density at radius 3 is 1.67 bits per heavy atom. The molecule has 0 aromatic rings. The van der Waals surface area contributed by atoms with Gasteiger partial charge in [0.1, 0.15) is 25.1 Å². The molecule has 0 spiro atoms. The summed E-state index contributed by atoms with van der Waals surface area (Å²) in [6.07, 6.45) is -1.63. The Balaban J connectivity index is 4.59. The van der Waals surface area contributed by atoms with Gasteiger partial charge in [0, 0.05) is 11.1 Å². The predicted molar refractivity (Wildman–Crippen MR) is 82.6 cm³/mol. The van der Waals surface area contributed by atoms with E-state index < -0.39 is 30.0 Å². The summed E-state index contributed by atoms with van der Waals surface area (Å²) < 4.78 is 18.6. The zero-order valence-corrected chi connectivity index (χ0v) is 14.2. The van der Waals surface area contributed by atoms with Crippen molar-refractivity contribution < 1.29 is 37.7 Å². The van der Waals surface area contributed by atoms with E-state index in [2.05, 4.69) is 17.4 Å². The highest BCUT2D eigenvalue weighted by molar-refractivity contribution is 6.13. The van der Waals surface area contributed by atoms with Crippen molar-refractivity contribution in [3.8, 4) is 0 Å². The molecule has 0 unspecified atom stereocenters. The van der Waals surface area contributed by atoms with Crippen LogP contribution in [0.25, 0.3) is 0 Å². The lowest BCUT2D eigenvalue weighted by molar-refractivity contribution is -0.165. The molecule has 0 heterocycles. The second kappa shape index (κ2) is 11.2. The predicted octanol–water partition coefficient (Wildman–Crippen LogP) is 1.61. The minimum absolute atomic E-state index is 0.156. The van der Waals surface area contributed by atoms with Crippen molar-refractivity contribution in [3.05, 3.63) is 24.3 Å². The van der Waals surface area contributed by atoms with E-state index in [4.69, 9.17) is 26.1 Å². The number of carbonyl (C=O) groups excluding carboxylic acids is 4. The molecule has 0 aromatic heterocycles. The molecule has 0 amide bonds. The normalized spacial score (nSPS) is 9.83. The molecule has 0 aliphatic rings. The van der Waals surface area contributed by atoms with Gasteiger partial charge in [0.05, 0.1) is 12.8 Å². The fourth-order valence-corrected chi connectivity index (χ4v) is 1.26. The van der Waals surface area contributed by atoms with Crippen LogP contribution in [-0.2, 0) is 37.7 Å². The highest BCUT2D eigenvalue weighted by Crippen LogP contribution is 2.05. The van der Waals surface area contributed by atoms with Crippen LogP contribution in [0.1, 0.15) is 26.7 Å². The lowest BCUT2D eigenvalue weighted by Gasteiger charge is -2.18. The van der Waals surface area contributed by atoms with Crippen LogP contribution in [0, 0.1) is 0 Å². The molecule has 0 aliphatic carbocycles. The van der Waals surface area contributed by atoms with Gasteiger partial charge in [-0.1, -0.05) is 13.2 Å². The molecule has 8 nitrogen and oxygen atoms in total. The standard InChI is InChI=1S/C15H19ClO8/c1-9(2)14(19)21-7-11(8-22-15(20)10(3)4)23-12(17)5-6-13(18)24-16/h11H,1,3,5-8H2,2,4H3. The number of ether oxygens (including phenoxy) is 3. The maximum absolute atomic E-state index is 11.6. The summed E-state index contributed by atoms with van der Waals surface area (Å²) in [6, 6.07) is 0. The molecule has 0 aromatic carbocycles. The third kappa shape index (κ3) is 9.62. The molecule has 0 aliphatic heterocycles. The average Bonchev–Trinajstić information content (AvgIpc) is 2.53. The number of hydrogen-bond donors (Lipinski definition) is 0. The highest BCUT2D eigenvalue weighted by atomic mass is 35.5. The van der Waals surface area contributed by atoms with Crippen molar-refractivity contribution in [3.63, 3.8) is 0 Å². The van der Waals surface area contributed by atoms with Gasteiger partial charge in [-0.15, -0.1) is 0 Å². The maximum atomic E-state index is 11.6. The monoisotopic (exact) mass is 362 g/mol. The minimum Gasteiger partial charge on any atom is -0.458 e. The number of rotatable bonds is 10. The minimum atomic E-state index is -1.05. The summed E-state index contributed by atoms with van der Waals surface area (Å²) >= 11 is 4.84. The molecule has 0 saturated carbocycles. The Morgan fingerprint density at radius 2 is 1.29 bits per heavy atom. The van der Waals surface area contributed by atoms with E-state index in [1.807, 2.05) is 0 Å². The molecular weight excluding hydrogens is 344 g/mol. The quantitative estimate of drug-likeness (QED) is 0.328. The van der Waals surface area contributed by atoms with Gasteiger partial charge in [0.2, 0.25) is 0 Å². The first-order valence-corrected chi connectivity index (χ1v) is 7.14. The first kappa shape index (κ1) is 21.6. The van der Waals surface area contributed by atoms with Crippen LogP contribution in [0.2, 0.25) is 0 Å². The van der Waals surface area contributed by atoms with Crippen LogP contribution in [0.5, 0.6) is 0 Å². The van der Waals surface area contributed by atoms with Crippen LogP contribution in [0.3, 0.4) is 0 Å². The highest BCUT2D eigenvalue weighted by Gasteiger charge is 2.20. The van der Waals surface area contributed by atoms with Gasteiger partial charge in [-0.05, 0) is 13.8 Å². The summed E-state index contributed by atoms with van der Waals surface area (Å²) in [5.74, 6) is -2.95. The van der Waals surface area contributed by atoms with Gasteiger partial charge < -0.3 is 18.5 Å². The molecule has 0 radical (unpaired) electrons. The van der Waals surface area contributed by atoms with Crippen molar-refractivity contribution >= 4 is 35.7 Å². The Kier molecular flexibility index (Phi) is 10.1. The van der Waals surface area contributed by atoms with Gasteiger partial charge in [0.15, 0.2) is 6.10 Å². The molecule has 0 bridgehead atoms. The van der Waals surface area contributed by atoms with Gasteiger partial charge >= 0.3 is 23.9 Å². The first-order chi connectivity index (χ1) is 11.2. The van der Waals surface area contributed by atoms with E-state index in [-0.39, 0.29) is 37.2 Å². The van der Waals surface area contributed by atoms with Crippen LogP contribution >= 0.6 is 11.9 Å². The lowest BCUT2D eigenvalue weighted by Crippen LogP contribution is -2.31. The smallest absolute Gasteiger partial charge is 0.333 e. The molecule has 0 rings (SSSR count). The fraction of sp³-hybridized carbons (Fsp3) is 0.467. The molecule has 134 valence electrons. The Bertz CT molecular complexity index is 496. The Hall–Kier alpha value is -2.35. The second-order valence-corrected chi connectivity index (χ2v) is 4.97. The van der Waals surface area contributed by atoms with Gasteiger partial charge in [0.25, 0.3) is 0 Å². The molecular formula is C15H19ClO8. The first-order valence-electron chi connectivity index (χ1n) is 6.83. The van der Waals surface area contributed by atoms with Crippen LogP contribution < -0.4 is 0 Å². The fourth-order valence-electron chi connectivity index (χ4n) is 1.19. The number of halogens is 1. The van der Waals surface area contributed by atoms with Crippen molar-refractivity contribution in [2.45, 2.75) is 32.8 Å². The molecule has 0 saturated heterocycles. The van der Waals surface area contributed by atoms with Crippen LogP contribution in [-0.4, -0.2) is 43.2 Å². The Morgan fingerprint density at radius 1 is 0.875 bits per heavy atom. The molecule has 0 fully saturated rings. The summed E-state index contributed by atoms with van der Waals surface area (Å²) in [5.41, 5.74) is 0.313. The van der Waals surface area contributed by atoms with Gasteiger partial charge in [-0.2, -0.15) is 0 Å². The van der Waals surface area contributed by atoms with Crippen LogP contribution in [0.4, 0.5) is 0 Å². The van der Waals surface area contributed by atoms with Crippen LogP contribution in [0.15, 0.2) is 24.3 Å². The summed E-state index contributed by atoms with van der Waals surface area (Å²) in [7, 11) is 0. The van der Waals surface area contributed by atoms with Crippen molar-refractivity contribution in [1.82, 2.24) is 0 Å². The number of esters is 3. The third-order valence-corrected chi connectivity index (χ3v) is 2.59. The zero-order valence-electron chi connectivity index (χ0n) is 13.5. The van der Waals surface area contributed by atoms with Crippen molar-refractivity contribution in [1.29, 1.82) is 0 Å². The van der Waals surface area contributed by atoms with Gasteiger partial charge in [-0.25, -0.2) is 9.59 Å². The maximum Gasteiger partial charge on any atom is 0.333 e. The lowest BCUT2D eigenvalue weighted by atomic mass is 10.3. The summed E-state index contributed by atoms with van der Waals surface area (Å²) in [5, 5.41) is 0. The SMILES string of the molecule is C=C(C)C(=O)OCC(COC(=O)C(=C)C)OC(=O)CCC(=O)OCl. The van der Waals surface area contributed by atoms with E-state index in [1.54, 1.807) is 0 Å². The van der Waals surface area contributed by atoms with Crippen molar-refractivity contribution in [2.75, 3.05) is 13.2 Å². The Labute approximate surface area is 144 Å². The van der Waals surface area contributed by atoms with Gasteiger partial charge in [-0.3, -0.25) is 9.59 Å². The van der Waals surface area contributed by atoms with E-state index >= 15 is 0 Å². The summed E-state index contributed by atoms with van der Waals surface area (Å²) in [6.45, 7) is 9.01. The average molecular weight is 363 g/mol. The van der Waals surface area contributed by atoms with E-state index in [1.165, 1.54) is 13.8 Å². The largest absolute Gasteiger partial charge is 0.458 e. The number of carbonyl (C=O) groups is 4. The molecule has 9 heteroatoms. The van der Waals surface area contributed by atoms with Crippen molar-refractivity contribution in [2.24, 2.45) is 0 Å². The zero-order chi connectivity index (χ0) is 18.7. The summed E-state index contributed by atoms with van der Waals surface area (Å²) in [4.78, 5) is 45.3. The second-order valence-electron chi connectivity index (χ2n) is 4.82. The topological polar surface area (TPSA) is 105 Å². The molecule has 0 N–H and O–H groups in total. The van der Waals surface area contributed by atoms with E-state index in [0.717, 1.165) is 0 Å². The molecule has 24 heavy (non-hydrogen) atoms. The van der Waals surface area contributed by atoms with E-state index in [0.29, 0.717) is 0 Å².